The third-order valence-electron chi connectivity index (χ3n) is 5.98. The largest absolute Gasteiger partial charge is 0.478 e. The Bertz CT molecular complexity index is 676. The highest BCUT2D eigenvalue weighted by atomic mass is 16.4. The van der Waals surface area contributed by atoms with E-state index < -0.39 is 5.97 Å². The van der Waals surface area contributed by atoms with E-state index in [1.54, 1.807) is 6.08 Å². The van der Waals surface area contributed by atoms with E-state index in [0.717, 1.165) is 37.1 Å². The molecule has 1 aliphatic heterocycles. The van der Waals surface area contributed by atoms with Crippen molar-refractivity contribution in [2.24, 2.45) is 5.41 Å². The average molecular weight is 341 g/mol. The Kier molecular flexibility index (Phi) is 5.26. The highest BCUT2D eigenvalue weighted by Crippen LogP contribution is 2.46. The lowest BCUT2D eigenvalue weighted by Gasteiger charge is -2.39. The summed E-state index contributed by atoms with van der Waals surface area (Å²) in [6.07, 6.45) is 8.97. The van der Waals surface area contributed by atoms with E-state index in [1.165, 1.54) is 25.7 Å². The van der Waals surface area contributed by atoms with Crippen LogP contribution in [-0.2, 0) is 9.59 Å². The molecule has 25 heavy (non-hydrogen) atoms. The van der Waals surface area contributed by atoms with Crippen LogP contribution in [0.3, 0.4) is 0 Å². The van der Waals surface area contributed by atoms with Crippen molar-refractivity contribution in [1.82, 2.24) is 4.90 Å². The number of hydrogen-bond acceptors (Lipinski definition) is 2. The predicted octanol–water partition coefficient (Wildman–Crippen LogP) is 4.04. The number of nitrogens with zero attached hydrogens (tertiary/aromatic N) is 1. The number of piperidine rings is 1. The van der Waals surface area contributed by atoms with Crippen LogP contribution in [0.2, 0.25) is 0 Å². The number of carboxylic acids is 1. The average Bonchev–Trinajstić information content (AvgIpc) is 3.04. The fourth-order valence-electron chi connectivity index (χ4n) is 4.26. The summed E-state index contributed by atoms with van der Waals surface area (Å²) in [5.41, 5.74) is 2.50. The summed E-state index contributed by atoms with van der Waals surface area (Å²) in [6.45, 7) is 3.49. The summed E-state index contributed by atoms with van der Waals surface area (Å²) >= 11 is 0. The van der Waals surface area contributed by atoms with E-state index in [0.29, 0.717) is 5.41 Å². The van der Waals surface area contributed by atoms with Gasteiger partial charge in [-0.05, 0) is 55.2 Å². The summed E-state index contributed by atoms with van der Waals surface area (Å²) in [7, 11) is 0. The van der Waals surface area contributed by atoms with E-state index in [1.807, 2.05) is 36.1 Å². The van der Waals surface area contributed by atoms with Crippen molar-refractivity contribution in [2.45, 2.75) is 51.9 Å². The van der Waals surface area contributed by atoms with Crippen molar-refractivity contribution in [1.29, 1.82) is 0 Å². The van der Waals surface area contributed by atoms with Crippen LogP contribution in [0, 0.1) is 12.3 Å². The lowest BCUT2D eigenvalue weighted by molar-refractivity contribution is -0.137. The molecule has 0 unspecified atom stereocenters. The maximum Gasteiger partial charge on any atom is 0.332 e. The Morgan fingerprint density at radius 2 is 1.76 bits per heavy atom. The van der Waals surface area contributed by atoms with Crippen LogP contribution in [0.4, 0.5) is 0 Å². The van der Waals surface area contributed by atoms with Gasteiger partial charge in [-0.2, -0.15) is 0 Å². The van der Waals surface area contributed by atoms with Crippen LogP contribution in [0.1, 0.15) is 56.1 Å². The van der Waals surface area contributed by atoms with E-state index in [2.05, 4.69) is 0 Å². The number of likely N-dealkylation sites (tertiary alicyclic amines) is 1. The highest BCUT2D eigenvalue weighted by molar-refractivity contribution is 5.98. The molecule has 4 nitrogen and oxygen atoms in total. The van der Waals surface area contributed by atoms with Crippen LogP contribution < -0.4 is 0 Å². The van der Waals surface area contributed by atoms with Crippen LogP contribution >= 0.6 is 0 Å². The number of amides is 1. The molecule has 1 aromatic rings. The normalized spacial score (nSPS) is 20.0. The zero-order valence-electron chi connectivity index (χ0n) is 15.0. The van der Waals surface area contributed by atoms with E-state index in [9.17, 15) is 14.7 Å². The molecule has 1 amide bonds. The number of aliphatic carboxylic acids is 1. The summed E-state index contributed by atoms with van der Waals surface area (Å²) in [4.78, 5) is 26.1. The molecular weight excluding hydrogens is 314 g/mol. The van der Waals surface area contributed by atoms with Gasteiger partial charge in [0.2, 0.25) is 5.91 Å². The van der Waals surface area contributed by atoms with Gasteiger partial charge in [-0.3, -0.25) is 4.79 Å². The predicted molar refractivity (Wildman–Crippen MR) is 98.1 cm³/mol. The van der Waals surface area contributed by atoms with Gasteiger partial charge < -0.3 is 10.0 Å². The molecule has 1 heterocycles. The first-order chi connectivity index (χ1) is 12.0. The second kappa shape index (κ2) is 7.42. The second-order valence-corrected chi connectivity index (χ2v) is 7.60. The van der Waals surface area contributed by atoms with Gasteiger partial charge in [0.15, 0.2) is 0 Å². The molecule has 4 heteroatoms. The second-order valence-electron chi connectivity index (χ2n) is 7.60. The fraction of sp³-hybridized carbons (Fsp3) is 0.524. The summed E-state index contributed by atoms with van der Waals surface area (Å²) in [5.74, 6) is -1.07. The topological polar surface area (TPSA) is 57.6 Å². The van der Waals surface area contributed by atoms with Crippen molar-refractivity contribution < 1.29 is 14.7 Å². The number of carbonyl (C=O) groups is 2. The van der Waals surface area contributed by atoms with Crippen molar-refractivity contribution in [3.63, 3.8) is 0 Å². The standard InChI is InChI=1S/C21H27NO3/c1-16-6-2-3-7-17(16)14-18(20(24)25)15-19(23)22-12-10-21(11-13-22)8-4-5-9-21/h2-3,6-7,14H,4-5,8-13,15H2,1H3,(H,24,25)/b18-14+. The van der Waals surface area contributed by atoms with E-state index >= 15 is 0 Å². The van der Waals surface area contributed by atoms with Gasteiger partial charge in [0.1, 0.15) is 0 Å². The molecule has 2 aliphatic rings. The number of hydrogen-bond donors (Lipinski definition) is 1. The van der Waals surface area contributed by atoms with Gasteiger partial charge in [-0.15, -0.1) is 0 Å². The molecule has 1 saturated heterocycles. The highest BCUT2D eigenvalue weighted by Gasteiger charge is 2.38. The number of carbonyl (C=O) groups excluding carboxylic acids is 1. The third kappa shape index (κ3) is 4.12. The summed E-state index contributed by atoms with van der Waals surface area (Å²) in [6, 6.07) is 7.63. The van der Waals surface area contributed by atoms with Gasteiger partial charge >= 0.3 is 5.97 Å². The summed E-state index contributed by atoms with van der Waals surface area (Å²) < 4.78 is 0. The fourth-order valence-corrected chi connectivity index (χ4v) is 4.26. The Morgan fingerprint density at radius 3 is 2.36 bits per heavy atom. The summed E-state index contributed by atoms with van der Waals surface area (Å²) in [5, 5.41) is 9.50. The lowest BCUT2D eigenvalue weighted by atomic mass is 9.77. The minimum absolute atomic E-state index is 0.0311. The first-order valence-corrected chi connectivity index (χ1v) is 9.26. The Balaban J connectivity index is 1.66. The minimum Gasteiger partial charge on any atom is -0.478 e. The molecule has 1 aromatic carbocycles. The van der Waals surface area contributed by atoms with Crippen molar-refractivity contribution in [3.8, 4) is 0 Å². The Labute approximate surface area is 149 Å². The molecule has 0 aromatic heterocycles. The molecule has 0 radical (unpaired) electrons. The van der Waals surface area contributed by atoms with E-state index in [-0.39, 0.29) is 17.9 Å². The van der Waals surface area contributed by atoms with Gasteiger partial charge in [-0.25, -0.2) is 4.79 Å². The maximum atomic E-state index is 12.6. The maximum absolute atomic E-state index is 12.6. The Morgan fingerprint density at radius 1 is 1.12 bits per heavy atom. The number of rotatable bonds is 4. The number of benzene rings is 1. The molecule has 1 N–H and O–H groups in total. The van der Waals surface area contributed by atoms with Crippen LogP contribution in [-0.4, -0.2) is 35.0 Å². The van der Waals surface area contributed by atoms with Gasteiger partial charge in [0.05, 0.1) is 6.42 Å². The monoisotopic (exact) mass is 341 g/mol. The third-order valence-corrected chi connectivity index (χ3v) is 5.98. The van der Waals surface area contributed by atoms with Crippen LogP contribution in [0.15, 0.2) is 29.8 Å². The molecule has 3 rings (SSSR count). The number of carboxylic acid groups (broad SMARTS) is 1. The Hall–Kier alpha value is -2.10. The molecule has 2 fully saturated rings. The smallest absolute Gasteiger partial charge is 0.332 e. The van der Waals surface area contributed by atoms with Gasteiger partial charge in [-0.1, -0.05) is 37.1 Å². The van der Waals surface area contributed by atoms with Crippen molar-refractivity contribution in [2.75, 3.05) is 13.1 Å². The molecular formula is C21H27NO3. The number of aryl methyl sites for hydroxylation is 1. The zero-order valence-corrected chi connectivity index (χ0v) is 15.0. The van der Waals surface area contributed by atoms with Crippen LogP contribution in [0.25, 0.3) is 6.08 Å². The first-order valence-electron chi connectivity index (χ1n) is 9.26. The van der Waals surface area contributed by atoms with Gasteiger partial charge in [0, 0.05) is 18.7 Å². The van der Waals surface area contributed by atoms with Crippen molar-refractivity contribution in [3.05, 3.63) is 41.0 Å². The minimum atomic E-state index is -1.01. The molecule has 134 valence electrons. The lowest BCUT2D eigenvalue weighted by Crippen LogP contribution is -2.42. The molecule has 0 bridgehead atoms. The first kappa shape index (κ1) is 17.7. The molecule has 1 aliphatic carbocycles. The molecule has 1 spiro atoms. The zero-order chi connectivity index (χ0) is 17.9. The molecule has 1 saturated carbocycles. The van der Waals surface area contributed by atoms with E-state index in [4.69, 9.17) is 0 Å². The van der Waals surface area contributed by atoms with Gasteiger partial charge in [0.25, 0.3) is 0 Å². The van der Waals surface area contributed by atoms with Crippen molar-refractivity contribution >= 4 is 18.0 Å². The quantitative estimate of drug-likeness (QED) is 0.841. The SMILES string of the molecule is Cc1ccccc1/C=C(\CC(=O)N1CCC2(CCCC2)CC1)C(=O)O. The molecule has 0 atom stereocenters. The van der Waals surface area contributed by atoms with Crippen LogP contribution in [0.5, 0.6) is 0 Å².